The lowest BCUT2D eigenvalue weighted by Crippen LogP contribution is -2.42. The zero-order valence-electron chi connectivity index (χ0n) is 25.9. The van der Waals surface area contributed by atoms with Gasteiger partial charge in [-0.2, -0.15) is 0 Å². The zero-order valence-corrected chi connectivity index (χ0v) is 26.7. The molecular formula is C35H41NO8S. The molecule has 6 rings (SSSR count). The molecular weight excluding hydrogens is 594 g/mol. The van der Waals surface area contributed by atoms with Crippen LogP contribution in [-0.2, 0) is 37.1 Å². The third-order valence-corrected chi connectivity index (χ3v) is 10.8. The molecule has 0 N–H and O–H groups in total. The Hall–Kier alpha value is -3.60. The molecule has 1 aliphatic carbocycles. The zero-order chi connectivity index (χ0) is 31.4. The van der Waals surface area contributed by atoms with Crippen LogP contribution in [0.4, 0.5) is 4.79 Å². The van der Waals surface area contributed by atoms with E-state index in [2.05, 4.69) is 0 Å². The molecule has 2 fully saturated rings. The van der Waals surface area contributed by atoms with Crippen molar-refractivity contribution >= 4 is 15.9 Å². The van der Waals surface area contributed by atoms with Gasteiger partial charge in [-0.1, -0.05) is 55.3 Å². The second kappa shape index (κ2) is 13.4. The summed E-state index contributed by atoms with van der Waals surface area (Å²) in [4.78, 5) is 14.8. The van der Waals surface area contributed by atoms with E-state index in [1.807, 2.05) is 68.4 Å². The van der Waals surface area contributed by atoms with Crippen molar-refractivity contribution in [3.63, 3.8) is 0 Å². The molecule has 2 aliphatic heterocycles. The molecule has 1 saturated carbocycles. The second-order valence-corrected chi connectivity index (χ2v) is 14.6. The standard InChI is InChI=1S/C35H41NO8S/c1-35(2)43-31-13-6-5-12-30(31)33(44-35)32-23-36(34(37)42-32)19-18-25-14-16-27(17-15-25)41-21-20-40-24-26-8-7-11-29(22-26)45(38,39)28-9-3-4-10-28/h5-8,11-17,22,28,32-33H,3-4,9-10,18-21,23-24H2,1-2H3/t32-,33?/m1/s1. The van der Waals surface area contributed by atoms with Gasteiger partial charge in [-0.15, -0.1) is 0 Å². The van der Waals surface area contributed by atoms with Gasteiger partial charge < -0.3 is 28.6 Å². The predicted octanol–water partition coefficient (Wildman–Crippen LogP) is 6.25. The van der Waals surface area contributed by atoms with Crippen LogP contribution in [0.25, 0.3) is 0 Å². The van der Waals surface area contributed by atoms with Crippen LogP contribution in [0.5, 0.6) is 11.5 Å². The minimum absolute atomic E-state index is 0.263. The van der Waals surface area contributed by atoms with Gasteiger partial charge in [0.25, 0.3) is 0 Å². The summed E-state index contributed by atoms with van der Waals surface area (Å²) >= 11 is 0. The summed E-state index contributed by atoms with van der Waals surface area (Å²) in [5.41, 5.74) is 2.80. The fourth-order valence-corrected chi connectivity index (χ4v) is 8.17. The van der Waals surface area contributed by atoms with Crippen molar-refractivity contribution in [1.82, 2.24) is 4.90 Å². The highest BCUT2D eigenvalue weighted by Crippen LogP contribution is 2.42. The Morgan fingerprint density at radius 3 is 2.51 bits per heavy atom. The number of fused-ring (bicyclic) bond motifs is 1. The molecule has 3 aromatic rings. The molecule has 2 atom stereocenters. The molecule has 3 aromatic carbocycles. The van der Waals surface area contributed by atoms with Gasteiger partial charge in [0.2, 0.25) is 5.79 Å². The van der Waals surface area contributed by atoms with Crippen LogP contribution in [0.3, 0.4) is 0 Å². The van der Waals surface area contributed by atoms with E-state index in [4.69, 9.17) is 23.7 Å². The molecule has 2 heterocycles. The van der Waals surface area contributed by atoms with Crippen LogP contribution in [0, 0.1) is 0 Å². The van der Waals surface area contributed by atoms with Crippen LogP contribution < -0.4 is 9.47 Å². The number of para-hydroxylation sites is 1. The molecule has 0 bridgehead atoms. The smallest absolute Gasteiger partial charge is 0.410 e. The number of carbonyl (C=O) groups excluding carboxylic acids is 1. The summed E-state index contributed by atoms with van der Waals surface area (Å²) < 4.78 is 55.3. The molecule has 1 unspecified atom stereocenters. The summed E-state index contributed by atoms with van der Waals surface area (Å²) in [6.45, 7) is 5.75. The van der Waals surface area contributed by atoms with Crippen LogP contribution in [0.15, 0.2) is 77.7 Å². The van der Waals surface area contributed by atoms with E-state index in [9.17, 15) is 13.2 Å². The summed E-state index contributed by atoms with van der Waals surface area (Å²) in [6, 6.07) is 22.6. The van der Waals surface area contributed by atoms with Gasteiger partial charge in [-0.3, -0.25) is 0 Å². The predicted molar refractivity (Wildman–Crippen MR) is 168 cm³/mol. The second-order valence-electron chi connectivity index (χ2n) is 12.3. The lowest BCUT2D eigenvalue weighted by Gasteiger charge is -2.39. The van der Waals surface area contributed by atoms with E-state index < -0.39 is 27.8 Å². The number of carbonyl (C=O) groups is 1. The highest BCUT2D eigenvalue weighted by Gasteiger charge is 2.44. The van der Waals surface area contributed by atoms with Crippen molar-refractivity contribution in [3.05, 3.63) is 89.5 Å². The van der Waals surface area contributed by atoms with Crippen LogP contribution in [0.2, 0.25) is 0 Å². The molecule has 9 nitrogen and oxygen atoms in total. The van der Waals surface area contributed by atoms with Crippen LogP contribution in [0.1, 0.15) is 62.3 Å². The lowest BCUT2D eigenvalue weighted by atomic mass is 10.0. The van der Waals surface area contributed by atoms with E-state index in [0.29, 0.717) is 44.2 Å². The van der Waals surface area contributed by atoms with Crippen molar-refractivity contribution in [3.8, 4) is 11.5 Å². The first-order valence-corrected chi connectivity index (χ1v) is 17.3. The SMILES string of the molecule is CC1(C)Oc2ccccc2C([C@H]2CN(CCc3ccc(OCCOCc4cccc(S(=O)(=O)C5CCCC5)c4)cc3)C(=O)O2)O1. The number of hydrogen-bond acceptors (Lipinski definition) is 8. The van der Waals surface area contributed by atoms with Crippen molar-refractivity contribution in [2.45, 2.75) is 80.7 Å². The van der Waals surface area contributed by atoms with Crippen molar-refractivity contribution in [1.29, 1.82) is 0 Å². The van der Waals surface area contributed by atoms with E-state index in [1.165, 1.54) is 0 Å². The first-order chi connectivity index (χ1) is 21.7. The minimum atomic E-state index is -3.28. The molecule has 10 heteroatoms. The maximum Gasteiger partial charge on any atom is 0.410 e. The van der Waals surface area contributed by atoms with Gasteiger partial charge in [0.15, 0.2) is 15.9 Å². The Morgan fingerprint density at radius 1 is 0.933 bits per heavy atom. The summed E-state index contributed by atoms with van der Waals surface area (Å²) in [6.07, 6.45) is 2.97. The first-order valence-electron chi connectivity index (χ1n) is 15.7. The summed E-state index contributed by atoms with van der Waals surface area (Å²) in [7, 11) is -3.28. The summed E-state index contributed by atoms with van der Waals surface area (Å²) in [5.74, 6) is 0.658. The number of benzene rings is 3. The monoisotopic (exact) mass is 635 g/mol. The first kappa shape index (κ1) is 31.4. The molecule has 1 saturated heterocycles. The lowest BCUT2D eigenvalue weighted by molar-refractivity contribution is -0.225. The Labute approximate surface area is 265 Å². The van der Waals surface area contributed by atoms with Gasteiger partial charge in [0, 0.05) is 26.0 Å². The van der Waals surface area contributed by atoms with Gasteiger partial charge in [0.05, 0.1) is 29.9 Å². The average Bonchev–Trinajstić information content (AvgIpc) is 3.71. The third-order valence-electron chi connectivity index (χ3n) is 8.57. The highest BCUT2D eigenvalue weighted by molar-refractivity contribution is 7.92. The number of ether oxygens (including phenoxy) is 5. The summed E-state index contributed by atoms with van der Waals surface area (Å²) in [5, 5.41) is -0.263. The molecule has 1 amide bonds. The van der Waals surface area contributed by atoms with Crippen molar-refractivity contribution in [2.75, 3.05) is 26.3 Å². The number of sulfone groups is 1. The Kier molecular flexibility index (Phi) is 9.35. The van der Waals surface area contributed by atoms with E-state index in [1.54, 1.807) is 23.1 Å². The fourth-order valence-electron chi connectivity index (χ4n) is 6.24. The quantitative estimate of drug-likeness (QED) is 0.216. The maximum atomic E-state index is 12.9. The largest absolute Gasteiger partial charge is 0.491 e. The maximum absolute atomic E-state index is 12.9. The molecule has 45 heavy (non-hydrogen) atoms. The Morgan fingerprint density at radius 2 is 1.71 bits per heavy atom. The average molecular weight is 636 g/mol. The van der Waals surface area contributed by atoms with Crippen LogP contribution in [-0.4, -0.2) is 62.9 Å². The van der Waals surface area contributed by atoms with Gasteiger partial charge in [-0.25, -0.2) is 13.2 Å². The number of amides is 1. The molecule has 0 aromatic heterocycles. The van der Waals surface area contributed by atoms with Gasteiger partial charge >= 0.3 is 6.09 Å². The Bertz CT molecular complexity index is 1580. The number of rotatable bonds is 12. The van der Waals surface area contributed by atoms with E-state index in [-0.39, 0.29) is 11.3 Å². The molecule has 0 spiro atoms. The van der Waals surface area contributed by atoms with Crippen molar-refractivity contribution < 1.29 is 36.9 Å². The van der Waals surface area contributed by atoms with Gasteiger partial charge in [0.1, 0.15) is 24.2 Å². The highest BCUT2D eigenvalue weighted by atomic mass is 32.2. The number of hydrogen-bond donors (Lipinski definition) is 0. The van der Waals surface area contributed by atoms with Gasteiger partial charge in [-0.05, 0) is 60.7 Å². The molecule has 0 radical (unpaired) electrons. The number of cyclic esters (lactones) is 1. The topological polar surface area (TPSA) is 101 Å². The fraction of sp³-hybridized carbons (Fsp3) is 0.457. The van der Waals surface area contributed by atoms with E-state index >= 15 is 0 Å². The number of nitrogens with zero attached hydrogens (tertiary/aromatic N) is 1. The van der Waals surface area contributed by atoms with Crippen molar-refractivity contribution in [2.24, 2.45) is 0 Å². The van der Waals surface area contributed by atoms with E-state index in [0.717, 1.165) is 53.9 Å². The van der Waals surface area contributed by atoms with Crippen LogP contribution >= 0.6 is 0 Å². The normalized spacial score (nSPS) is 21.3. The minimum Gasteiger partial charge on any atom is -0.491 e. The Balaban J connectivity index is 0.931. The molecule has 240 valence electrons. The third kappa shape index (κ3) is 7.45. The molecule has 3 aliphatic rings.